The molecule has 78 valence electrons. The van der Waals surface area contributed by atoms with Gasteiger partial charge in [-0.2, -0.15) is 0 Å². The Morgan fingerprint density at radius 1 is 1.50 bits per heavy atom. The molecule has 0 aromatic carbocycles. The van der Waals surface area contributed by atoms with Crippen LogP contribution in [0.25, 0.3) is 0 Å². The first-order valence-corrected chi connectivity index (χ1v) is 5.49. The van der Waals surface area contributed by atoms with E-state index in [0.717, 1.165) is 0 Å². The van der Waals surface area contributed by atoms with Crippen LogP contribution in [-0.4, -0.2) is 12.8 Å². The van der Waals surface area contributed by atoms with Gasteiger partial charge in [0.25, 0.3) is 0 Å². The first kappa shape index (κ1) is 11.2. The maximum Gasteiger partial charge on any atom is 0.0410 e. The monoisotopic (exact) mass is 191 g/mol. The highest BCUT2D eigenvalue weighted by Gasteiger charge is 2.25. The minimum atomic E-state index is 0.653. The Bertz CT molecular complexity index is 258. The van der Waals surface area contributed by atoms with E-state index in [1.807, 2.05) is 13.1 Å². The van der Waals surface area contributed by atoms with Crippen LogP contribution >= 0.6 is 0 Å². The summed E-state index contributed by atoms with van der Waals surface area (Å²) in [6.45, 7) is 8.33. The van der Waals surface area contributed by atoms with Gasteiger partial charge in [0.05, 0.1) is 0 Å². The summed E-state index contributed by atoms with van der Waals surface area (Å²) in [5.41, 5.74) is 2.71. The van der Waals surface area contributed by atoms with Crippen LogP contribution in [0.1, 0.15) is 33.1 Å². The summed E-state index contributed by atoms with van der Waals surface area (Å²) in [7, 11) is 1.91. The average molecular weight is 191 g/mol. The van der Waals surface area contributed by atoms with Gasteiger partial charge in [0.15, 0.2) is 0 Å². The summed E-state index contributed by atoms with van der Waals surface area (Å²) in [5.74, 6) is 1.35. The Hall–Kier alpha value is -0.850. The summed E-state index contributed by atoms with van der Waals surface area (Å²) in [6.07, 6.45) is 7.75. The van der Waals surface area contributed by atoms with Gasteiger partial charge in [-0.1, -0.05) is 32.6 Å². The predicted molar refractivity (Wildman–Crippen MR) is 63.8 cm³/mol. The zero-order valence-corrected chi connectivity index (χ0v) is 9.59. The molecule has 0 N–H and O–H groups in total. The third-order valence-electron chi connectivity index (χ3n) is 3.01. The topological polar surface area (TPSA) is 12.4 Å². The molecule has 0 bridgehead atoms. The van der Waals surface area contributed by atoms with Crippen molar-refractivity contribution in [1.29, 1.82) is 0 Å². The number of hydrogen-bond donors (Lipinski definition) is 0. The molecule has 1 saturated carbocycles. The van der Waals surface area contributed by atoms with Crippen molar-refractivity contribution in [1.82, 2.24) is 0 Å². The molecule has 0 spiro atoms. The van der Waals surface area contributed by atoms with E-state index in [4.69, 9.17) is 0 Å². The molecule has 14 heavy (non-hydrogen) atoms. The first-order chi connectivity index (χ1) is 6.70. The van der Waals surface area contributed by atoms with Crippen molar-refractivity contribution in [2.24, 2.45) is 16.8 Å². The van der Waals surface area contributed by atoms with Crippen molar-refractivity contribution in [3.8, 4) is 0 Å². The standard InChI is InChI=1S/C13H21N/c1-5-7-11-8-6-9-12(10(2)3)13(11)14-4/h5,7,10,12H,1,6,8-9H2,2-4H3/b11-7-,14-13?. The molecule has 0 saturated heterocycles. The molecular formula is C13H21N. The molecule has 1 fully saturated rings. The number of allylic oxidation sites excluding steroid dienone is 3. The van der Waals surface area contributed by atoms with Crippen LogP contribution in [0.2, 0.25) is 0 Å². The van der Waals surface area contributed by atoms with Crippen molar-refractivity contribution < 1.29 is 0 Å². The quantitative estimate of drug-likeness (QED) is 0.632. The predicted octanol–water partition coefficient (Wildman–Crippen LogP) is 3.63. The van der Waals surface area contributed by atoms with E-state index in [0.29, 0.717) is 11.8 Å². The number of nitrogens with zero attached hydrogens (tertiary/aromatic N) is 1. The van der Waals surface area contributed by atoms with E-state index in [1.165, 1.54) is 30.5 Å². The second-order valence-electron chi connectivity index (χ2n) is 4.28. The van der Waals surface area contributed by atoms with Crippen LogP contribution in [-0.2, 0) is 0 Å². The Morgan fingerprint density at radius 2 is 2.21 bits per heavy atom. The normalized spacial score (nSPS) is 28.7. The lowest BCUT2D eigenvalue weighted by Crippen LogP contribution is -2.26. The summed E-state index contributed by atoms with van der Waals surface area (Å²) < 4.78 is 0. The van der Waals surface area contributed by atoms with Crippen LogP contribution < -0.4 is 0 Å². The van der Waals surface area contributed by atoms with Gasteiger partial charge in [-0.15, -0.1) is 0 Å². The molecule has 0 radical (unpaired) electrons. The van der Waals surface area contributed by atoms with E-state index >= 15 is 0 Å². The molecule has 1 unspecified atom stereocenters. The van der Waals surface area contributed by atoms with Gasteiger partial charge < -0.3 is 0 Å². The van der Waals surface area contributed by atoms with Gasteiger partial charge in [0.2, 0.25) is 0 Å². The lowest BCUT2D eigenvalue weighted by atomic mass is 9.77. The van der Waals surface area contributed by atoms with Crippen LogP contribution in [0.15, 0.2) is 29.3 Å². The fourth-order valence-electron chi connectivity index (χ4n) is 2.28. The minimum Gasteiger partial charge on any atom is -0.293 e. The van der Waals surface area contributed by atoms with Gasteiger partial charge in [0, 0.05) is 18.7 Å². The largest absolute Gasteiger partial charge is 0.293 e. The summed E-state index contributed by atoms with van der Waals surface area (Å²) in [5, 5.41) is 0. The molecule has 1 aliphatic rings. The lowest BCUT2D eigenvalue weighted by molar-refractivity contribution is 0.435. The average Bonchev–Trinajstić information content (AvgIpc) is 2.18. The van der Waals surface area contributed by atoms with Crippen molar-refractivity contribution in [3.05, 3.63) is 24.3 Å². The molecular weight excluding hydrogens is 170 g/mol. The second kappa shape index (κ2) is 5.14. The summed E-state index contributed by atoms with van der Waals surface area (Å²) in [6, 6.07) is 0. The smallest absolute Gasteiger partial charge is 0.0410 e. The molecule has 1 atom stereocenters. The van der Waals surface area contributed by atoms with Gasteiger partial charge >= 0.3 is 0 Å². The van der Waals surface area contributed by atoms with E-state index in [1.54, 1.807) is 0 Å². The van der Waals surface area contributed by atoms with Crippen LogP contribution in [0, 0.1) is 11.8 Å². The molecule has 0 aliphatic heterocycles. The summed E-state index contributed by atoms with van der Waals surface area (Å²) >= 11 is 0. The Morgan fingerprint density at radius 3 is 2.71 bits per heavy atom. The molecule has 0 aromatic rings. The van der Waals surface area contributed by atoms with E-state index in [9.17, 15) is 0 Å². The highest BCUT2D eigenvalue weighted by molar-refractivity contribution is 6.02. The van der Waals surface area contributed by atoms with Crippen molar-refractivity contribution in [3.63, 3.8) is 0 Å². The van der Waals surface area contributed by atoms with E-state index < -0.39 is 0 Å². The van der Waals surface area contributed by atoms with Crippen LogP contribution in [0.4, 0.5) is 0 Å². The fourth-order valence-corrected chi connectivity index (χ4v) is 2.28. The summed E-state index contributed by atoms with van der Waals surface area (Å²) in [4.78, 5) is 4.45. The third kappa shape index (κ3) is 2.34. The highest BCUT2D eigenvalue weighted by atomic mass is 14.7. The SMILES string of the molecule is C=C/C=C1/CCCC(C(C)C)C1=NC. The van der Waals surface area contributed by atoms with Crippen LogP contribution in [0.5, 0.6) is 0 Å². The van der Waals surface area contributed by atoms with Crippen LogP contribution in [0.3, 0.4) is 0 Å². The second-order valence-corrected chi connectivity index (χ2v) is 4.28. The molecule has 1 aliphatic carbocycles. The molecule has 0 heterocycles. The zero-order valence-electron chi connectivity index (χ0n) is 9.59. The van der Waals surface area contributed by atoms with Crippen molar-refractivity contribution in [2.45, 2.75) is 33.1 Å². The van der Waals surface area contributed by atoms with Crippen molar-refractivity contribution in [2.75, 3.05) is 7.05 Å². The fraction of sp³-hybridized carbons (Fsp3) is 0.615. The van der Waals surface area contributed by atoms with E-state index in [-0.39, 0.29) is 0 Å². The third-order valence-corrected chi connectivity index (χ3v) is 3.01. The maximum atomic E-state index is 4.45. The maximum absolute atomic E-state index is 4.45. The lowest BCUT2D eigenvalue weighted by Gasteiger charge is -2.29. The van der Waals surface area contributed by atoms with Gasteiger partial charge in [-0.3, -0.25) is 4.99 Å². The molecule has 0 amide bonds. The number of hydrogen-bond acceptors (Lipinski definition) is 1. The highest BCUT2D eigenvalue weighted by Crippen LogP contribution is 2.31. The molecule has 1 heteroatoms. The zero-order chi connectivity index (χ0) is 10.6. The van der Waals surface area contributed by atoms with E-state index in [2.05, 4.69) is 31.5 Å². The van der Waals surface area contributed by atoms with Crippen molar-refractivity contribution >= 4 is 5.71 Å². The number of aliphatic imine (C=N–C) groups is 1. The molecule has 0 aromatic heterocycles. The molecule has 1 rings (SSSR count). The first-order valence-electron chi connectivity index (χ1n) is 5.49. The van der Waals surface area contributed by atoms with Gasteiger partial charge in [-0.05, 0) is 30.8 Å². The Labute approximate surface area is 87.6 Å². The molecule has 1 nitrogen and oxygen atoms in total. The Kier molecular flexibility index (Phi) is 4.12. The van der Waals surface area contributed by atoms with Gasteiger partial charge in [-0.25, -0.2) is 0 Å². The Balaban J connectivity index is 2.91. The van der Waals surface area contributed by atoms with Gasteiger partial charge in [0.1, 0.15) is 0 Å². The minimum absolute atomic E-state index is 0.653. The number of rotatable bonds is 2.